The SMILES string of the molecule is CCc1nc(-c2ncc(C)cn2)nc(N)c1Br. The van der Waals surface area contributed by atoms with E-state index in [0.717, 1.165) is 22.2 Å². The number of anilines is 1. The number of aromatic nitrogens is 4. The molecule has 2 aromatic heterocycles. The van der Waals surface area contributed by atoms with Crippen LogP contribution in [0.15, 0.2) is 16.9 Å². The molecule has 0 unspecified atom stereocenters. The van der Waals surface area contributed by atoms with Crippen LogP contribution in [-0.2, 0) is 6.42 Å². The fourth-order valence-corrected chi connectivity index (χ4v) is 1.81. The Morgan fingerprint density at radius 3 is 2.41 bits per heavy atom. The van der Waals surface area contributed by atoms with Gasteiger partial charge in [-0.2, -0.15) is 0 Å². The first-order valence-electron chi connectivity index (χ1n) is 5.22. The van der Waals surface area contributed by atoms with E-state index < -0.39 is 0 Å². The van der Waals surface area contributed by atoms with E-state index in [4.69, 9.17) is 5.73 Å². The second kappa shape index (κ2) is 4.75. The first-order chi connectivity index (χ1) is 8.11. The predicted octanol–water partition coefficient (Wildman–Crippen LogP) is 2.15. The Morgan fingerprint density at radius 1 is 1.18 bits per heavy atom. The van der Waals surface area contributed by atoms with Crippen molar-refractivity contribution in [1.29, 1.82) is 0 Å². The summed E-state index contributed by atoms with van der Waals surface area (Å²) >= 11 is 3.37. The Hall–Kier alpha value is -1.56. The van der Waals surface area contributed by atoms with Crippen LogP contribution in [0, 0.1) is 6.92 Å². The van der Waals surface area contributed by atoms with Crippen molar-refractivity contribution < 1.29 is 0 Å². The average Bonchev–Trinajstić information content (AvgIpc) is 2.33. The van der Waals surface area contributed by atoms with Gasteiger partial charge in [0.1, 0.15) is 5.82 Å². The van der Waals surface area contributed by atoms with Gasteiger partial charge in [-0.15, -0.1) is 0 Å². The van der Waals surface area contributed by atoms with E-state index in [0.29, 0.717) is 17.5 Å². The van der Waals surface area contributed by atoms with Gasteiger partial charge in [0, 0.05) is 12.4 Å². The standard InChI is InChI=1S/C11H12BrN5/c1-3-7-8(12)9(13)17-11(16-7)10-14-4-6(2)5-15-10/h4-5H,3H2,1-2H3,(H2,13,16,17). The third-order valence-corrected chi connectivity index (χ3v) is 3.13. The molecular formula is C11H12BrN5. The number of rotatable bonds is 2. The molecule has 88 valence electrons. The number of halogens is 1. The lowest BCUT2D eigenvalue weighted by Crippen LogP contribution is -2.04. The van der Waals surface area contributed by atoms with Crippen molar-refractivity contribution in [3.05, 3.63) is 28.1 Å². The Kier molecular flexibility index (Phi) is 3.33. The third kappa shape index (κ3) is 2.41. The largest absolute Gasteiger partial charge is 0.383 e. The number of hydrogen-bond donors (Lipinski definition) is 1. The van der Waals surface area contributed by atoms with Crippen molar-refractivity contribution in [1.82, 2.24) is 19.9 Å². The highest BCUT2D eigenvalue weighted by Crippen LogP contribution is 2.23. The van der Waals surface area contributed by atoms with E-state index in [-0.39, 0.29) is 0 Å². The van der Waals surface area contributed by atoms with Crippen LogP contribution in [-0.4, -0.2) is 19.9 Å². The van der Waals surface area contributed by atoms with Crippen LogP contribution in [0.1, 0.15) is 18.2 Å². The van der Waals surface area contributed by atoms with Crippen LogP contribution in [0.3, 0.4) is 0 Å². The minimum absolute atomic E-state index is 0.413. The summed E-state index contributed by atoms with van der Waals surface area (Å²) in [5.74, 6) is 1.36. The zero-order valence-corrected chi connectivity index (χ0v) is 11.2. The zero-order valence-electron chi connectivity index (χ0n) is 9.61. The average molecular weight is 294 g/mol. The fourth-order valence-electron chi connectivity index (χ4n) is 1.36. The van der Waals surface area contributed by atoms with Crippen LogP contribution in [0.2, 0.25) is 0 Å². The third-order valence-electron chi connectivity index (χ3n) is 2.26. The normalized spacial score (nSPS) is 10.5. The lowest BCUT2D eigenvalue weighted by atomic mass is 10.3. The summed E-state index contributed by atoms with van der Waals surface area (Å²) in [5.41, 5.74) is 7.66. The first kappa shape index (κ1) is 11.9. The molecule has 0 amide bonds. The molecule has 2 N–H and O–H groups in total. The van der Waals surface area contributed by atoms with E-state index in [9.17, 15) is 0 Å². The Labute approximate surface area is 108 Å². The number of nitrogens with zero attached hydrogens (tertiary/aromatic N) is 4. The van der Waals surface area contributed by atoms with Crippen LogP contribution >= 0.6 is 15.9 Å². The van der Waals surface area contributed by atoms with Crippen LogP contribution < -0.4 is 5.73 Å². The summed E-state index contributed by atoms with van der Waals surface area (Å²) in [6.07, 6.45) is 4.23. The molecule has 2 aromatic rings. The second-order valence-electron chi connectivity index (χ2n) is 3.63. The monoisotopic (exact) mass is 293 g/mol. The molecule has 0 saturated heterocycles. The van der Waals surface area contributed by atoms with Gasteiger partial charge in [0.15, 0.2) is 11.6 Å². The number of nitrogens with two attached hydrogens (primary N) is 1. The molecule has 2 heterocycles. The molecule has 0 aliphatic carbocycles. The van der Waals surface area contributed by atoms with E-state index in [1.165, 1.54) is 0 Å². The predicted molar refractivity (Wildman–Crippen MR) is 69.3 cm³/mol. The van der Waals surface area contributed by atoms with E-state index in [2.05, 4.69) is 35.9 Å². The summed E-state index contributed by atoms with van der Waals surface area (Å²) in [6.45, 7) is 3.93. The van der Waals surface area contributed by atoms with Gasteiger partial charge in [-0.05, 0) is 34.8 Å². The summed E-state index contributed by atoms with van der Waals surface area (Å²) in [6, 6.07) is 0. The molecule has 0 aliphatic heterocycles. The number of aryl methyl sites for hydroxylation is 2. The van der Waals surface area contributed by atoms with Crippen molar-refractivity contribution >= 4 is 21.7 Å². The van der Waals surface area contributed by atoms with Gasteiger partial charge in [0.2, 0.25) is 0 Å². The topological polar surface area (TPSA) is 77.6 Å². The van der Waals surface area contributed by atoms with E-state index in [1.54, 1.807) is 12.4 Å². The van der Waals surface area contributed by atoms with Gasteiger partial charge in [-0.25, -0.2) is 19.9 Å². The van der Waals surface area contributed by atoms with Gasteiger partial charge in [0.25, 0.3) is 0 Å². The second-order valence-corrected chi connectivity index (χ2v) is 4.42. The number of nitrogen functional groups attached to an aromatic ring is 1. The van der Waals surface area contributed by atoms with Crippen LogP contribution in [0.4, 0.5) is 5.82 Å². The van der Waals surface area contributed by atoms with Crippen molar-refractivity contribution in [3.8, 4) is 11.6 Å². The molecule has 2 rings (SSSR count). The van der Waals surface area contributed by atoms with Crippen molar-refractivity contribution in [2.45, 2.75) is 20.3 Å². The molecule has 0 aromatic carbocycles. The van der Waals surface area contributed by atoms with E-state index in [1.807, 2.05) is 13.8 Å². The molecular weight excluding hydrogens is 282 g/mol. The maximum absolute atomic E-state index is 5.81. The zero-order chi connectivity index (χ0) is 12.4. The van der Waals surface area contributed by atoms with Gasteiger partial charge < -0.3 is 5.73 Å². The van der Waals surface area contributed by atoms with Gasteiger partial charge >= 0.3 is 0 Å². The lowest BCUT2D eigenvalue weighted by Gasteiger charge is -2.06. The molecule has 5 nitrogen and oxygen atoms in total. The summed E-state index contributed by atoms with van der Waals surface area (Å²) < 4.78 is 0.746. The molecule has 0 aliphatic rings. The van der Waals surface area contributed by atoms with Gasteiger partial charge in [-0.1, -0.05) is 6.92 Å². The maximum Gasteiger partial charge on any atom is 0.200 e. The minimum Gasteiger partial charge on any atom is -0.383 e. The van der Waals surface area contributed by atoms with Crippen LogP contribution in [0.5, 0.6) is 0 Å². The van der Waals surface area contributed by atoms with Crippen molar-refractivity contribution in [2.24, 2.45) is 0 Å². The highest BCUT2D eigenvalue weighted by molar-refractivity contribution is 9.10. The molecule has 17 heavy (non-hydrogen) atoms. The molecule has 0 spiro atoms. The summed E-state index contributed by atoms with van der Waals surface area (Å²) in [4.78, 5) is 16.9. The highest BCUT2D eigenvalue weighted by atomic mass is 79.9. The quantitative estimate of drug-likeness (QED) is 0.918. The molecule has 0 saturated carbocycles. The number of hydrogen-bond acceptors (Lipinski definition) is 5. The minimum atomic E-state index is 0.413. The highest BCUT2D eigenvalue weighted by Gasteiger charge is 2.11. The Balaban J connectivity index is 2.52. The van der Waals surface area contributed by atoms with Crippen LogP contribution in [0.25, 0.3) is 11.6 Å². The van der Waals surface area contributed by atoms with Gasteiger partial charge in [0.05, 0.1) is 10.2 Å². The maximum atomic E-state index is 5.81. The molecule has 0 radical (unpaired) electrons. The van der Waals surface area contributed by atoms with Crippen molar-refractivity contribution in [2.75, 3.05) is 5.73 Å². The summed E-state index contributed by atoms with van der Waals surface area (Å²) in [7, 11) is 0. The Morgan fingerprint density at radius 2 is 1.82 bits per heavy atom. The van der Waals surface area contributed by atoms with Crippen molar-refractivity contribution in [3.63, 3.8) is 0 Å². The first-order valence-corrected chi connectivity index (χ1v) is 6.02. The molecule has 0 atom stereocenters. The lowest BCUT2D eigenvalue weighted by molar-refractivity contribution is 0.974. The van der Waals surface area contributed by atoms with Gasteiger partial charge in [-0.3, -0.25) is 0 Å². The smallest absolute Gasteiger partial charge is 0.200 e. The molecule has 0 bridgehead atoms. The summed E-state index contributed by atoms with van der Waals surface area (Å²) in [5, 5.41) is 0. The fraction of sp³-hybridized carbons (Fsp3) is 0.273. The molecule has 6 heteroatoms. The van der Waals surface area contributed by atoms with E-state index >= 15 is 0 Å². The Bertz CT molecular complexity index is 538. The molecule has 0 fully saturated rings.